The topological polar surface area (TPSA) is 9.23 Å². The Morgan fingerprint density at radius 3 is 0.864 bits per heavy atom. The Morgan fingerprint density at radius 1 is 0.364 bits per heavy atom. The second-order valence-corrected chi connectivity index (χ2v) is 9.38. The molecule has 0 bridgehead atoms. The Hall–Kier alpha value is -2.77. The first-order valence-electron chi connectivity index (χ1n) is 12.4. The normalized spacial score (nSPS) is 11.7. The van der Waals surface area contributed by atoms with Gasteiger partial charge in [0.2, 0.25) is 6.35 Å². The van der Waals surface area contributed by atoms with Gasteiger partial charge in [0, 0.05) is 6.61 Å². The minimum absolute atomic E-state index is 0. The quantitative estimate of drug-likeness (QED) is 0.100. The van der Waals surface area contributed by atoms with Gasteiger partial charge < -0.3 is 4.65 Å². The van der Waals surface area contributed by atoms with E-state index >= 15 is 26.3 Å². The largest absolute Gasteiger partial charge is 1.00 e. The summed E-state index contributed by atoms with van der Waals surface area (Å²) in [6, 6.07) is 0. The van der Waals surface area contributed by atoms with Crippen LogP contribution in [0.1, 0.15) is 45.4 Å². The molecule has 0 radical (unpaired) electrons. The van der Waals surface area contributed by atoms with Crippen LogP contribution >= 0.6 is 0 Å². The summed E-state index contributed by atoms with van der Waals surface area (Å²) >= 11 is 0. The summed E-state index contributed by atoms with van der Waals surface area (Å²) in [4.78, 5) is 0. The van der Waals surface area contributed by atoms with Gasteiger partial charge in [-0.2, -0.15) is 0 Å². The molecule has 0 aromatic heterocycles. The maximum Gasteiger partial charge on any atom is 1.00 e. The van der Waals surface area contributed by atoms with Crippen molar-refractivity contribution < 1.29 is 89.4 Å². The summed E-state index contributed by atoms with van der Waals surface area (Å²) in [6.07, 6.45) is -4.05. The Labute approximate surface area is 251 Å². The third-order valence-corrected chi connectivity index (χ3v) is 6.82. The first kappa shape index (κ1) is 37.4. The minimum Gasteiger partial charge on any atom is -0.579 e. The number of hydrogen-bond acceptors (Lipinski definition) is 1. The van der Waals surface area contributed by atoms with Crippen molar-refractivity contribution in [1.29, 1.82) is 0 Å². The van der Waals surface area contributed by atoms with Gasteiger partial charge in [0.25, 0.3) is 0 Å². The Bertz CT molecular complexity index is 1310. The van der Waals surface area contributed by atoms with Crippen LogP contribution in [0, 0.1) is 87.3 Å². The zero-order valence-electron chi connectivity index (χ0n) is 22.6. The molecule has 0 saturated carbocycles. The van der Waals surface area contributed by atoms with Crippen LogP contribution in [0.3, 0.4) is 0 Å². The van der Waals surface area contributed by atoms with Gasteiger partial charge in [-0.3, -0.25) is 0 Å². The fraction of sp³-hybridized carbons (Fsp3) is 0.308. The summed E-state index contributed by atoms with van der Waals surface area (Å²) in [6.45, 7) is 0.572. The number of unbranched alkanes of at least 4 members (excludes halogenated alkanes) is 5. The average Bonchev–Trinajstić information content (AvgIpc) is 2.98. The maximum atomic E-state index is 15.3. The van der Waals surface area contributed by atoms with E-state index in [1.54, 1.807) is 0 Å². The number of rotatable bonds is 11. The molecule has 0 aliphatic rings. The van der Waals surface area contributed by atoms with E-state index in [0.29, 0.717) is 19.3 Å². The Balaban J connectivity index is 0.00000675. The van der Waals surface area contributed by atoms with E-state index in [-0.39, 0.29) is 25.3 Å². The Kier molecular flexibility index (Phi) is 12.4. The van der Waals surface area contributed by atoms with Crippen molar-refractivity contribution in [3.8, 4) is 0 Å². The monoisotopic (exact) mass is 648 g/mol. The second kappa shape index (κ2) is 14.6. The number of halogens is 15. The molecule has 0 N–H and O–H groups in total. The molecule has 0 amide bonds. The van der Waals surface area contributed by atoms with Gasteiger partial charge in [-0.25, -0.2) is 65.9 Å². The van der Waals surface area contributed by atoms with Gasteiger partial charge in [0.1, 0.15) is 34.9 Å². The molecular formula is C26H17BF15LiO. The molecule has 1 nitrogen and oxygen atoms in total. The maximum absolute atomic E-state index is 15.3. The van der Waals surface area contributed by atoms with Crippen molar-refractivity contribution >= 4 is 22.7 Å². The molecule has 0 heterocycles. The molecule has 44 heavy (non-hydrogen) atoms. The van der Waals surface area contributed by atoms with Crippen LogP contribution in [0.2, 0.25) is 0 Å². The third kappa shape index (κ3) is 6.07. The standard InChI is InChI=1S/C26H17BF15O.Li/c1-2-3-4-5-6-7-8-43-27(9-12(28)18(34)24(40)19(35)13(9)29,10-14(30)20(36)25(41)21(37)15(10)31)11-16(32)22(38)26(42)23(39)17(11)33;/h2-8H2,1H3;/q-1;+1. The summed E-state index contributed by atoms with van der Waals surface area (Å²) in [7, 11) is 0. The van der Waals surface area contributed by atoms with Crippen molar-refractivity contribution in [2.75, 3.05) is 6.61 Å². The minimum atomic E-state index is -5.94. The van der Waals surface area contributed by atoms with Gasteiger partial charge in [-0.05, 0) is 6.42 Å². The molecule has 0 aliphatic carbocycles. The van der Waals surface area contributed by atoms with Gasteiger partial charge >= 0.3 is 18.9 Å². The number of hydrogen-bond donors (Lipinski definition) is 0. The van der Waals surface area contributed by atoms with Crippen LogP contribution in [-0.2, 0) is 4.65 Å². The smallest absolute Gasteiger partial charge is 0.579 e. The summed E-state index contributed by atoms with van der Waals surface area (Å²) in [5.74, 6) is -45.9. The van der Waals surface area contributed by atoms with Gasteiger partial charge in [-0.1, -0.05) is 55.4 Å². The zero-order chi connectivity index (χ0) is 32.5. The molecule has 0 spiro atoms. The van der Waals surface area contributed by atoms with Gasteiger partial charge in [0.05, 0.1) is 0 Å². The fourth-order valence-electron chi connectivity index (χ4n) is 4.76. The molecule has 3 rings (SSSR count). The van der Waals surface area contributed by atoms with E-state index in [9.17, 15) is 39.5 Å². The van der Waals surface area contributed by atoms with Crippen LogP contribution < -0.4 is 35.2 Å². The van der Waals surface area contributed by atoms with E-state index < -0.39 is 123 Å². The predicted octanol–water partition coefficient (Wildman–Crippen LogP) is 4.12. The van der Waals surface area contributed by atoms with Gasteiger partial charge in [0.15, 0.2) is 52.4 Å². The molecule has 3 aromatic carbocycles. The number of benzene rings is 3. The molecule has 18 heteroatoms. The molecule has 0 atom stereocenters. The van der Waals surface area contributed by atoms with Crippen LogP contribution in [-0.4, -0.2) is 13.0 Å². The third-order valence-electron chi connectivity index (χ3n) is 6.82. The fourth-order valence-corrected chi connectivity index (χ4v) is 4.76. The van der Waals surface area contributed by atoms with Crippen molar-refractivity contribution in [2.45, 2.75) is 45.4 Å². The van der Waals surface area contributed by atoms with Crippen LogP contribution in [0.5, 0.6) is 0 Å². The van der Waals surface area contributed by atoms with Crippen molar-refractivity contribution in [3.05, 3.63) is 87.3 Å². The average molecular weight is 648 g/mol. The zero-order valence-corrected chi connectivity index (χ0v) is 22.6. The van der Waals surface area contributed by atoms with E-state index in [2.05, 4.69) is 0 Å². The van der Waals surface area contributed by atoms with Crippen molar-refractivity contribution in [2.24, 2.45) is 0 Å². The van der Waals surface area contributed by atoms with Crippen molar-refractivity contribution in [3.63, 3.8) is 0 Å². The molecule has 236 valence electrons. The molecule has 3 aromatic rings. The second-order valence-electron chi connectivity index (χ2n) is 9.38. The SMILES string of the molecule is CCCCCCCCO[B-](c1c(F)c(F)c(F)c(F)c1F)(c1c(F)c(F)c(F)c(F)c1F)c1c(F)c(F)c(F)c(F)c1F.[Li+]. The molecule has 0 aliphatic heterocycles. The summed E-state index contributed by atoms with van der Waals surface area (Å²) in [5.41, 5.74) is -8.31. The van der Waals surface area contributed by atoms with Crippen LogP contribution in [0.15, 0.2) is 0 Å². The summed E-state index contributed by atoms with van der Waals surface area (Å²) in [5, 5.41) is 0. The van der Waals surface area contributed by atoms with Crippen LogP contribution in [0.25, 0.3) is 0 Å². The molecule has 0 fully saturated rings. The molecule has 0 unspecified atom stereocenters. The first-order valence-corrected chi connectivity index (χ1v) is 12.4. The summed E-state index contributed by atoms with van der Waals surface area (Å²) < 4.78 is 225. The van der Waals surface area contributed by atoms with Crippen LogP contribution in [0.4, 0.5) is 65.9 Å². The Morgan fingerprint density at radius 2 is 0.591 bits per heavy atom. The first-order chi connectivity index (χ1) is 20.1. The van der Waals surface area contributed by atoms with E-state index in [1.807, 2.05) is 6.92 Å². The predicted molar refractivity (Wildman–Crippen MR) is 123 cm³/mol. The van der Waals surface area contributed by atoms with Gasteiger partial charge in [-0.15, -0.1) is 0 Å². The molecular weight excluding hydrogens is 631 g/mol. The van der Waals surface area contributed by atoms with E-state index in [1.165, 1.54) is 0 Å². The van der Waals surface area contributed by atoms with E-state index in [0.717, 1.165) is 6.42 Å². The van der Waals surface area contributed by atoms with E-state index in [4.69, 9.17) is 4.65 Å². The molecule has 0 saturated heterocycles. The van der Waals surface area contributed by atoms with Crippen molar-refractivity contribution in [1.82, 2.24) is 0 Å².